The van der Waals surface area contributed by atoms with Crippen molar-refractivity contribution in [3.8, 4) is 0 Å². The molecule has 2 aliphatic rings. The number of hydrogen-bond donors (Lipinski definition) is 2. The molecule has 1 aromatic rings. The van der Waals surface area contributed by atoms with E-state index in [4.69, 9.17) is 11.6 Å². The zero-order chi connectivity index (χ0) is 14.0. The highest BCUT2D eigenvalue weighted by Crippen LogP contribution is 2.48. The summed E-state index contributed by atoms with van der Waals surface area (Å²) in [6.07, 6.45) is 4.17. The molecule has 3 rings (SSSR count). The van der Waals surface area contributed by atoms with Gasteiger partial charge in [-0.2, -0.15) is 0 Å². The minimum atomic E-state index is -0.307. The van der Waals surface area contributed by atoms with Crippen LogP contribution in [0.15, 0.2) is 24.3 Å². The van der Waals surface area contributed by atoms with Gasteiger partial charge in [-0.05, 0) is 62.4 Å². The van der Waals surface area contributed by atoms with Gasteiger partial charge in [-0.15, -0.1) is 12.4 Å². The predicted octanol–water partition coefficient (Wildman–Crippen LogP) is 2.91. The molecule has 1 atom stereocenters. The molecular formula is C16H22Cl2N2O. The Morgan fingerprint density at radius 1 is 1.43 bits per heavy atom. The monoisotopic (exact) mass is 328 g/mol. The summed E-state index contributed by atoms with van der Waals surface area (Å²) in [5.74, 6) is 0.891. The Labute approximate surface area is 137 Å². The lowest BCUT2D eigenvalue weighted by Crippen LogP contribution is -2.36. The van der Waals surface area contributed by atoms with E-state index in [1.165, 1.54) is 6.42 Å². The summed E-state index contributed by atoms with van der Waals surface area (Å²) >= 11 is 6.04. The van der Waals surface area contributed by atoms with Gasteiger partial charge in [0.25, 0.3) is 0 Å². The van der Waals surface area contributed by atoms with E-state index in [-0.39, 0.29) is 23.7 Å². The van der Waals surface area contributed by atoms with E-state index in [2.05, 4.69) is 10.6 Å². The van der Waals surface area contributed by atoms with E-state index < -0.39 is 0 Å². The maximum absolute atomic E-state index is 12.4. The highest BCUT2D eigenvalue weighted by Gasteiger charge is 2.51. The minimum Gasteiger partial charge on any atom is -0.355 e. The van der Waals surface area contributed by atoms with Gasteiger partial charge in [0.1, 0.15) is 0 Å². The Morgan fingerprint density at radius 3 is 2.86 bits per heavy atom. The van der Waals surface area contributed by atoms with Crippen LogP contribution in [0.1, 0.15) is 31.2 Å². The van der Waals surface area contributed by atoms with Crippen molar-refractivity contribution in [2.45, 2.75) is 31.1 Å². The topological polar surface area (TPSA) is 41.1 Å². The second kappa shape index (κ2) is 6.99. The molecule has 0 aromatic heterocycles. The molecule has 1 saturated carbocycles. The van der Waals surface area contributed by atoms with Crippen molar-refractivity contribution < 1.29 is 4.79 Å². The Bertz CT molecular complexity index is 497. The maximum atomic E-state index is 12.4. The first-order valence-electron chi connectivity index (χ1n) is 7.46. The average Bonchev–Trinajstić information content (AvgIpc) is 3.10. The summed E-state index contributed by atoms with van der Waals surface area (Å²) < 4.78 is 0. The van der Waals surface area contributed by atoms with Crippen LogP contribution in [0.3, 0.4) is 0 Å². The summed E-state index contributed by atoms with van der Waals surface area (Å²) in [4.78, 5) is 12.4. The van der Waals surface area contributed by atoms with Crippen LogP contribution in [-0.2, 0) is 10.2 Å². The lowest BCUT2D eigenvalue weighted by Gasteiger charge is -2.17. The molecule has 1 aliphatic carbocycles. The van der Waals surface area contributed by atoms with Crippen LogP contribution in [0.4, 0.5) is 0 Å². The molecule has 1 amide bonds. The SMILES string of the molecule is Cl.O=C(NCCC1CCNC1)C1(c2cccc(Cl)c2)CC1. The molecule has 2 fully saturated rings. The quantitative estimate of drug-likeness (QED) is 0.872. The highest BCUT2D eigenvalue weighted by atomic mass is 35.5. The number of hydrogen-bond acceptors (Lipinski definition) is 2. The van der Waals surface area contributed by atoms with Gasteiger partial charge in [0.15, 0.2) is 0 Å². The van der Waals surface area contributed by atoms with Crippen molar-refractivity contribution in [2.75, 3.05) is 19.6 Å². The molecule has 0 radical (unpaired) electrons. The summed E-state index contributed by atoms with van der Waals surface area (Å²) in [7, 11) is 0. The molecule has 0 spiro atoms. The summed E-state index contributed by atoms with van der Waals surface area (Å²) in [6, 6.07) is 7.72. The Morgan fingerprint density at radius 2 is 2.24 bits per heavy atom. The van der Waals surface area contributed by atoms with Gasteiger partial charge in [0, 0.05) is 11.6 Å². The standard InChI is InChI=1S/C16H21ClN2O.ClH/c17-14-3-1-2-13(10-14)16(6-7-16)15(20)19-9-5-12-4-8-18-11-12;/h1-3,10,12,18H,4-9,11H2,(H,19,20);1H. The second-order valence-electron chi connectivity index (χ2n) is 6.00. The molecule has 1 unspecified atom stereocenters. The van der Waals surface area contributed by atoms with Crippen LogP contribution >= 0.6 is 24.0 Å². The Hall–Kier alpha value is -0.770. The van der Waals surface area contributed by atoms with Gasteiger partial charge < -0.3 is 10.6 Å². The number of halogens is 2. The zero-order valence-electron chi connectivity index (χ0n) is 12.0. The van der Waals surface area contributed by atoms with E-state index in [9.17, 15) is 4.79 Å². The van der Waals surface area contributed by atoms with Crippen molar-refractivity contribution in [3.63, 3.8) is 0 Å². The number of rotatable bonds is 5. The molecular weight excluding hydrogens is 307 g/mol. The summed E-state index contributed by atoms with van der Waals surface area (Å²) in [5.41, 5.74) is 0.753. The lowest BCUT2D eigenvalue weighted by atomic mass is 9.95. The van der Waals surface area contributed by atoms with E-state index in [0.29, 0.717) is 5.02 Å². The van der Waals surface area contributed by atoms with Gasteiger partial charge in [-0.25, -0.2) is 0 Å². The lowest BCUT2D eigenvalue weighted by molar-refractivity contribution is -0.123. The first-order valence-corrected chi connectivity index (χ1v) is 7.83. The van der Waals surface area contributed by atoms with Crippen molar-refractivity contribution in [1.82, 2.24) is 10.6 Å². The summed E-state index contributed by atoms with van der Waals surface area (Å²) in [5, 5.41) is 7.19. The van der Waals surface area contributed by atoms with Crippen LogP contribution < -0.4 is 10.6 Å². The fourth-order valence-electron chi connectivity index (χ4n) is 3.08. The smallest absolute Gasteiger partial charge is 0.230 e. The first-order chi connectivity index (χ1) is 9.71. The third-order valence-electron chi connectivity index (χ3n) is 4.56. The fourth-order valence-corrected chi connectivity index (χ4v) is 3.27. The molecule has 3 nitrogen and oxygen atoms in total. The van der Waals surface area contributed by atoms with Crippen LogP contribution in [-0.4, -0.2) is 25.5 Å². The predicted molar refractivity (Wildman–Crippen MR) is 88.2 cm³/mol. The van der Waals surface area contributed by atoms with Crippen LogP contribution in [0.25, 0.3) is 0 Å². The highest BCUT2D eigenvalue weighted by molar-refractivity contribution is 6.30. The number of nitrogens with one attached hydrogen (secondary N) is 2. The molecule has 1 aromatic carbocycles. The van der Waals surface area contributed by atoms with E-state index in [0.717, 1.165) is 50.4 Å². The van der Waals surface area contributed by atoms with Crippen molar-refractivity contribution >= 4 is 29.9 Å². The molecule has 21 heavy (non-hydrogen) atoms. The van der Waals surface area contributed by atoms with Crippen LogP contribution in [0.5, 0.6) is 0 Å². The van der Waals surface area contributed by atoms with E-state index in [1.807, 2.05) is 24.3 Å². The van der Waals surface area contributed by atoms with E-state index in [1.54, 1.807) is 0 Å². The number of benzene rings is 1. The molecule has 5 heteroatoms. The van der Waals surface area contributed by atoms with Gasteiger partial charge in [-0.1, -0.05) is 23.7 Å². The molecule has 1 heterocycles. The third kappa shape index (κ3) is 3.71. The number of carbonyl (C=O) groups is 1. The Balaban J connectivity index is 0.00000161. The van der Waals surface area contributed by atoms with Gasteiger partial charge in [-0.3, -0.25) is 4.79 Å². The third-order valence-corrected chi connectivity index (χ3v) is 4.80. The normalized spacial score (nSPS) is 22.4. The van der Waals surface area contributed by atoms with Crippen molar-refractivity contribution in [3.05, 3.63) is 34.9 Å². The van der Waals surface area contributed by atoms with Gasteiger partial charge in [0.2, 0.25) is 5.91 Å². The molecule has 116 valence electrons. The largest absolute Gasteiger partial charge is 0.355 e. The average molecular weight is 329 g/mol. The Kier molecular flexibility index (Phi) is 5.53. The molecule has 1 saturated heterocycles. The van der Waals surface area contributed by atoms with Crippen LogP contribution in [0, 0.1) is 5.92 Å². The maximum Gasteiger partial charge on any atom is 0.230 e. The van der Waals surface area contributed by atoms with Crippen molar-refractivity contribution in [2.24, 2.45) is 5.92 Å². The molecule has 2 N–H and O–H groups in total. The van der Waals surface area contributed by atoms with Gasteiger partial charge >= 0.3 is 0 Å². The zero-order valence-corrected chi connectivity index (χ0v) is 13.6. The molecule has 1 aliphatic heterocycles. The second-order valence-corrected chi connectivity index (χ2v) is 6.43. The number of amides is 1. The van der Waals surface area contributed by atoms with Crippen molar-refractivity contribution in [1.29, 1.82) is 0 Å². The van der Waals surface area contributed by atoms with Gasteiger partial charge in [0.05, 0.1) is 5.41 Å². The van der Waals surface area contributed by atoms with Crippen LogP contribution in [0.2, 0.25) is 5.02 Å². The van der Waals surface area contributed by atoms with E-state index >= 15 is 0 Å². The minimum absolute atomic E-state index is 0. The number of carbonyl (C=O) groups excluding carboxylic acids is 1. The fraction of sp³-hybridized carbons (Fsp3) is 0.562. The molecule has 0 bridgehead atoms. The summed E-state index contributed by atoms with van der Waals surface area (Å²) in [6.45, 7) is 2.99. The first kappa shape index (κ1) is 16.6.